The number of Topliss-reactive ketones (excluding diaryl/α,β-unsaturated/α-hetero) is 1. The van der Waals surface area contributed by atoms with Gasteiger partial charge in [0.05, 0.1) is 17.6 Å². The third-order valence-corrected chi connectivity index (χ3v) is 6.19. The quantitative estimate of drug-likeness (QED) is 0.917. The highest BCUT2D eigenvalue weighted by Gasteiger charge is 2.47. The Morgan fingerprint density at radius 3 is 2.39 bits per heavy atom. The summed E-state index contributed by atoms with van der Waals surface area (Å²) in [6.45, 7) is 0. The molecule has 2 aliphatic carbocycles. The summed E-state index contributed by atoms with van der Waals surface area (Å²) in [5.41, 5.74) is 0.656. The van der Waals surface area contributed by atoms with Crippen molar-refractivity contribution in [2.75, 3.05) is 0 Å². The molecule has 2 fully saturated rings. The summed E-state index contributed by atoms with van der Waals surface area (Å²) in [5.74, 6) is 1.11. The zero-order chi connectivity index (χ0) is 15.8. The molecule has 0 aromatic heterocycles. The average Bonchev–Trinajstić information content (AvgIpc) is 3.28. The highest BCUT2D eigenvalue weighted by atomic mass is 16.5. The number of benzene rings is 1. The predicted octanol–water partition coefficient (Wildman–Crippen LogP) is 3.99. The predicted molar refractivity (Wildman–Crippen MR) is 88.6 cm³/mol. The third-order valence-electron chi connectivity index (χ3n) is 6.19. The van der Waals surface area contributed by atoms with Gasteiger partial charge in [-0.25, -0.2) is 0 Å². The molecular formula is C20H26O3. The lowest BCUT2D eigenvalue weighted by atomic mass is 9.75. The maximum absolute atomic E-state index is 13.1. The fourth-order valence-corrected chi connectivity index (χ4v) is 4.94. The van der Waals surface area contributed by atoms with Gasteiger partial charge in [-0.1, -0.05) is 37.8 Å². The normalized spacial score (nSPS) is 30.2. The molecule has 1 heterocycles. The Bertz CT molecular complexity index is 570. The molecule has 4 rings (SSSR count). The van der Waals surface area contributed by atoms with E-state index in [2.05, 4.69) is 0 Å². The average molecular weight is 314 g/mol. The summed E-state index contributed by atoms with van der Waals surface area (Å²) in [4.78, 5) is 13.1. The molecule has 0 bridgehead atoms. The molecule has 0 radical (unpaired) electrons. The minimum atomic E-state index is -0.552. The SMILES string of the molecule is O=C1c2ccccc2O[C@@H](C2CCCC2)[C@@H]1[C@@H](O)C1CCCC1. The first kappa shape index (κ1) is 15.2. The van der Waals surface area contributed by atoms with Crippen molar-refractivity contribution < 1.29 is 14.6 Å². The topological polar surface area (TPSA) is 46.5 Å². The van der Waals surface area contributed by atoms with E-state index in [0.717, 1.165) is 25.7 Å². The number of aliphatic hydroxyl groups excluding tert-OH is 1. The third kappa shape index (κ3) is 2.69. The largest absolute Gasteiger partial charge is 0.489 e. The molecule has 124 valence electrons. The van der Waals surface area contributed by atoms with Crippen molar-refractivity contribution in [1.29, 1.82) is 0 Å². The van der Waals surface area contributed by atoms with Crippen LogP contribution in [0.5, 0.6) is 5.75 Å². The highest BCUT2D eigenvalue weighted by Crippen LogP contribution is 2.43. The van der Waals surface area contributed by atoms with E-state index in [9.17, 15) is 9.90 Å². The van der Waals surface area contributed by atoms with Crippen molar-refractivity contribution in [3.63, 3.8) is 0 Å². The summed E-state index contributed by atoms with van der Waals surface area (Å²) in [6.07, 6.45) is 8.41. The van der Waals surface area contributed by atoms with E-state index in [1.165, 1.54) is 25.7 Å². The summed E-state index contributed by atoms with van der Waals surface area (Å²) < 4.78 is 6.30. The van der Waals surface area contributed by atoms with E-state index >= 15 is 0 Å². The number of rotatable bonds is 3. The number of hydrogen-bond acceptors (Lipinski definition) is 3. The van der Waals surface area contributed by atoms with Gasteiger partial charge < -0.3 is 9.84 Å². The second-order valence-corrected chi connectivity index (χ2v) is 7.55. The molecule has 0 spiro atoms. The highest BCUT2D eigenvalue weighted by molar-refractivity contribution is 6.02. The molecule has 0 amide bonds. The fraction of sp³-hybridized carbons (Fsp3) is 0.650. The summed E-state index contributed by atoms with van der Waals surface area (Å²) in [7, 11) is 0. The Balaban J connectivity index is 1.68. The van der Waals surface area contributed by atoms with Crippen LogP contribution in [0, 0.1) is 17.8 Å². The van der Waals surface area contributed by atoms with Crippen molar-refractivity contribution in [2.45, 2.75) is 63.6 Å². The van der Waals surface area contributed by atoms with Crippen LogP contribution in [0.25, 0.3) is 0 Å². The lowest BCUT2D eigenvalue weighted by Gasteiger charge is -2.39. The standard InChI is InChI=1S/C20H26O3/c21-18(13-7-1-2-8-13)17-19(22)15-11-5-6-12-16(15)23-20(17)14-9-3-4-10-14/h5-6,11-14,17-18,20-21H,1-4,7-10H2/t17-,18+,20+/m1/s1. The number of carbonyl (C=O) groups is 1. The van der Waals surface area contributed by atoms with E-state index in [-0.39, 0.29) is 23.7 Å². The number of hydrogen-bond donors (Lipinski definition) is 1. The van der Waals surface area contributed by atoms with Crippen molar-refractivity contribution in [3.8, 4) is 5.75 Å². The molecule has 2 saturated carbocycles. The Morgan fingerprint density at radius 2 is 1.65 bits per heavy atom. The number of para-hydroxylation sites is 1. The molecule has 1 N–H and O–H groups in total. The van der Waals surface area contributed by atoms with Crippen LogP contribution < -0.4 is 4.74 Å². The smallest absolute Gasteiger partial charge is 0.176 e. The lowest BCUT2D eigenvalue weighted by molar-refractivity contribution is -0.0247. The van der Waals surface area contributed by atoms with Gasteiger partial charge in [0.2, 0.25) is 0 Å². The Labute approximate surface area is 138 Å². The first-order chi connectivity index (χ1) is 11.3. The van der Waals surface area contributed by atoms with Crippen molar-refractivity contribution in [3.05, 3.63) is 29.8 Å². The van der Waals surface area contributed by atoms with Crippen molar-refractivity contribution in [2.24, 2.45) is 17.8 Å². The molecule has 1 aliphatic heterocycles. The van der Waals surface area contributed by atoms with Crippen LogP contribution in [0.15, 0.2) is 24.3 Å². The lowest BCUT2D eigenvalue weighted by Crippen LogP contribution is -2.49. The summed E-state index contributed by atoms with van der Waals surface area (Å²) >= 11 is 0. The molecule has 3 heteroatoms. The minimum absolute atomic E-state index is 0.100. The zero-order valence-corrected chi connectivity index (χ0v) is 13.6. The van der Waals surface area contributed by atoms with Gasteiger partial charge in [0.1, 0.15) is 11.9 Å². The molecule has 0 unspecified atom stereocenters. The molecule has 1 aromatic rings. The van der Waals surface area contributed by atoms with Crippen LogP contribution >= 0.6 is 0 Å². The number of aliphatic hydroxyl groups is 1. The maximum Gasteiger partial charge on any atom is 0.176 e. The van der Waals surface area contributed by atoms with E-state index in [0.29, 0.717) is 17.2 Å². The molecule has 0 saturated heterocycles. The number of ketones is 1. The van der Waals surface area contributed by atoms with Gasteiger partial charge >= 0.3 is 0 Å². The maximum atomic E-state index is 13.1. The van der Waals surface area contributed by atoms with E-state index in [1.54, 1.807) is 0 Å². The molecule has 23 heavy (non-hydrogen) atoms. The van der Waals surface area contributed by atoms with Crippen LogP contribution in [0.1, 0.15) is 61.7 Å². The number of ether oxygens (including phenoxy) is 1. The first-order valence-corrected chi connectivity index (χ1v) is 9.23. The molecule has 1 aromatic carbocycles. The van der Waals surface area contributed by atoms with E-state index < -0.39 is 6.10 Å². The van der Waals surface area contributed by atoms with Crippen LogP contribution in [-0.2, 0) is 0 Å². The number of carbonyl (C=O) groups excluding carboxylic acids is 1. The van der Waals surface area contributed by atoms with Crippen LogP contribution in [0.2, 0.25) is 0 Å². The van der Waals surface area contributed by atoms with Gasteiger partial charge in [-0.3, -0.25) is 4.79 Å². The number of fused-ring (bicyclic) bond motifs is 1. The van der Waals surface area contributed by atoms with Gasteiger partial charge in [-0.15, -0.1) is 0 Å². The van der Waals surface area contributed by atoms with E-state index in [1.807, 2.05) is 24.3 Å². The van der Waals surface area contributed by atoms with Gasteiger partial charge in [-0.05, 0) is 49.7 Å². The van der Waals surface area contributed by atoms with Gasteiger partial charge in [0.25, 0.3) is 0 Å². The van der Waals surface area contributed by atoms with Crippen LogP contribution in [0.4, 0.5) is 0 Å². The molecule has 3 atom stereocenters. The Kier molecular flexibility index (Phi) is 4.14. The zero-order valence-electron chi connectivity index (χ0n) is 13.6. The summed E-state index contributed by atoms with van der Waals surface area (Å²) in [6, 6.07) is 7.55. The van der Waals surface area contributed by atoms with Gasteiger partial charge in [0.15, 0.2) is 5.78 Å². The second-order valence-electron chi connectivity index (χ2n) is 7.55. The molecule has 3 nitrogen and oxygen atoms in total. The minimum Gasteiger partial charge on any atom is -0.489 e. The monoisotopic (exact) mass is 314 g/mol. The molecule has 3 aliphatic rings. The van der Waals surface area contributed by atoms with Crippen molar-refractivity contribution in [1.82, 2.24) is 0 Å². The Morgan fingerprint density at radius 1 is 1.00 bits per heavy atom. The Hall–Kier alpha value is -1.35. The van der Waals surface area contributed by atoms with E-state index in [4.69, 9.17) is 4.74 Å². The molecular weight excluding hydrogens is 288 g/mol. The van der Waals surface area contributed by atoms with Gasteiger partial charge in [0, 0.05) is 0 Å². The van der Waals surface area contributed by atoms with Gasteiger partial charge in [-0.2, -0.15) is 0 Å². The van der Waals surface area contributed by atoms with Crippen LogP contribution in [-0.4, -0.2) is 23.1 Å². The fourth-order valence-electron chi connectivity index (χ4n) is 4.94. The first-order valence-electron chi connectivity index (χ1n) is 9.23. The van der Waals surface area contributed by atoms with Crippen molar-refractivity contribution >= 4 is 5.78 Å². The summed E-state index contributed by atoms with van der Waals surface area (Å²) in [5, 5.41) is 11.0. The van der Waals surface area contributed by atoms with Crippen LogP contribution in [0.3, 0.4) is 0 Å². The second kappa shape index (κ2) is 6.27.